The fourth-order valence-electron chi connectivity index (χ4n) is 3.54. The van der Waals surface area contributed by atoms with Gasteiger partial charge in [0.2, 0.25) is 0 Å². The molecule has 0 spiro atoms. The molecule has 0 aliphatic rings. The summed E-state index contributed by atoms with van der Waals surface area (Å²) in [4.78, 5) is 12.9. The van der Waals surface area contributed by atoms with Gasteiger partial charge in [0.1, 0.15) is 41.5 Å². The largest absolute Gasteiger partial charge is 0.495 e. The monoisotopic (exact) mass is 443 g/mol. The van der Waals surface area contributed by atoms with Crippen LogP contribution >= 0.6 is 0 Å². The van der Waals surface area contributed by atoms with Crippen molar-refractivity contribution < 1.29 is 14.2 Å². The predicted octanol–water partition coefficient (Wildman–Crippen LogP) is 4.12. The number of nitrogen functional groups attached to an aromatic ring is 1. The van der Waals surface area contributed by atoms with Crippen molar-refractivity contribution in [2.45, 2.75) is 6.92 Å². The molecule has 0 amide bonds. The summed E-state index contributed by atoms with van der Waals surface area (Å²) in [5.41, 5.74) is 9.63. The summed E-state index contributed by atoms with van der Waals surface area (Å²) in [5, 5.41) is 8.19. The second-order valence-corrected chi connectivity index (χ2v) is 7.30. The van der Waals surface area contributed by atoms with Crippen LogP contribution in [0.25, 0.3) is 16.6 Å². The van der Waals surface area contributed by atoms with Gasteiger partial charge in [-0.05, 0) is 30.7 Å². The van der Waals surface area contributed by atoms with Crippen LogP contribution in [0, 0.1) is 6.92 Å². The summed E-state index contributed by atoms with van der Waals surface area (Å²) in [6.07, 6.45) is 4.77. The van der Waals surface area contributed by atoms with Gasteiger partial charge in [-0.3, -0.25) is 0 Å². The Labute approximate surface area is 189 Å². The van der Waals surface area contributed by atoms with Crippen LogP contribution in [0.15, 0.2) is 55.2 Å². The van der Waals surface area contributed by atoms with E-state index in [1.807, 2.05) is 31.2 Å². The average molecular weight is 443 g/mol. The summed E-state index contributed by atoms with van der Waals surface area (Å²) >= 11 is 0. The van der Waals surface area contributed by atoms with Crippen molar-refractivity contribution in [3.8, 4) is 23.0 Å². The summed E-state index contributed by atoms with van der Waals surface area (Å²) in [6.45, 7) is 1.95. The zero-order valence-electron chi connectivity index (χ0n) is 18.2. The molecule has 0 bridgehead atoms. The Hall–Kier alpha value is -4.60. The Kier molecular flexibility index (Phi) is 5.02. The smallest absolute Gasteiger partial charge is 0.158 e. The normalized spacial score (nSPS) is 11.0. The topological polar surface area (TPSA) is 122 Å². The predicted molar refractivity (Wildman–Crippen MR) is 125 cm³/mol. The van der Waals surface area contributed by atoms with Gasteiger partial charge in [-0.1, -0.05) is 0 Å². The first-order valence-corrected chi connectivity index (χ1v) is 10.1. The van der Waals surface area contributed by atoms with E-state index in [0.29, 0.717) is 45.7 Å². The highest BCUT2D eigenvalue weighted by Gasteiger charge is 2.14. The first-order chi connectivity index (χ1) is 16.1. The van der Waals surface area contributed by atoms with E-state index in [1.54, 1.807) is 37.1 Å². The van der Waals surface area contributed by atoms with E-state index in [-0.39, 0.29) is 0 Å². The molecule has 10 nitrogen and oxygen atoms in total. The minimum Gasteiger partial charge on any atom is -0.495 e. The molecule has 5 aromatic rings. The van der Waals surface area contributed by atoms with Gasteiger partial charge in [0.25, 0.3) is 0 Å². The Morgan fingerprint density at radius 3 is 2.58 bits per heavy atom. The third-order valence-electron chi connectivity index (χ3n) is 5.22. The van der Waals surface area contributed by atoms with Crippen LogP contribution in [0.2, 0.25) is 0 Å². The van der Waals surface area contributed by atoms with E-state index >= 15 is 0 Å². The van der Waals surface area contributed by atoms with Crippen LogP contribution in [0.3, 0.4) is 0 Å². The number of rotatable bonds is 6. The Balaban J connectivity index is 1.49. The number of aryl methyl sites for hydroxylation is 1. The fraction of sp³-hybridized carbons (Fsp3) is 0.130. The molecule has 166 valence electrons. The van der Waals surface area contributed by atoms with Gasteiger partial charge in [-0.15, -0.1) is 0 Å². The molecule has 0 saturated carbocycles. The Morgan fingerprint density at radius 2 is 1.76 bits per heavy atom. The number of hydrogen-bond donors (Lipinski definition) is 2. The highest BCUT2D eigenvalue weighted by molar-refractivity contribution is 5.95. The summed E-state index contributed by atoms with van der Waals surface area (Å²) in [5.74, 6) is 3.05. The quantitative estimate of drug-likeness (QED) is 0.373. The van der Waals surface area contributed by atoms with Gasteiger partial charge in [0.05, 0.1) is 31.1 Å². The molecule has 5 rings (SSSR count). The zero-order valence-corrected chi connectivity index (χ0v) is 18.2. The molecule has 3 heterocycles. The van der Waals surface area contributed by atoms with Crippen LogP contribution in [-0.4, -0.2) is 38.8 Å². The summed E-state index contributed by atoms with van der Waals surface area (Å²) in [7, 11) is 3.17. The number of benzene rings is 2. The number of nitrogens with two attached hydrogens (primary N) is 1. The van der Waals surface area contributed by atoms with E-state index in [9.17, 15) is 0 Å². The van der Waals surface area contributed by atoms with E-state index in [1.165, 1.54) is 12.7 Å². The van der Waals surface area contributed by atoms with Crippen molar-refractivity contribution in [2.75, 3.05) is 25.3 Å². The molecule has 33 heavy (non-hydrogen) atoms. The van der Waals surface area contributed by atoms with Crippen LogP contribution in [0.1, 0.15) is 5.56 Å². The van der Waals surface area contributed by atoms with Gasteiger partial charge in [0, 0.05) is 29.8 Å². The summed E-state index contributed by atoms with van der Waals surface area (Å²) < 4.78 is 18.7. The van der Waals surface area contributed by atoms with Crippen molar-refractivity contribution in [2.24, 2.45) is 0 Å². The number of nitrogens with one attached hydrogen (secondary N) is 1. The first-order valence-electron chi connectivity index (χ1n) is 10.1. The van der Waals surface area contributed by atoms with Gasteiger partial charge < -0.3 is 25.3 Å². The number of hydrogen-bond acceptors (Lipinski definition) is 9. The Morgan fingerprint density at radius 1 is 0.909 bits per heavy atom. The minimum absolute atomic E-state index is 0.499. The molecule has 3 aromatic heterocycles. The lowest BCUT2D eigenvalue weighted by atomic mass is 10.1. The van der Waals surface area contributed by atoms with Crippen molar-refractivity contribution in [3.63, 3.8) is 0 Å². The van der Waals surface area contributed by atoms with Gasteiger partial charge in [-0.2, -0.15) is 5.10 Å². The molecule has 0 radical (unpaired) electrons. The Bertz CT molecular complexity index is 1480. The minimum atomic E-state index is 0.499. The van der Waals surface area contributed by atoms with E-state index in [2.05, 4.69) is 25.4 Å². The molecular weight excluding hydrogens is 422 g/mol. The lowest BCUT2D eigenvalue weighted by Crippen LogP contribution is -2.01. The molecular formula is C23H21N7O3. The molecule has 0 atom stereocenters. The van der Waals surface area contributed by atoms with Gasteiger partial charge in [0.15, 0.2) is 5.65 Å². The maximum absolute atomic E-state index is 6.10. The zero-order chi connectivity index (χ0) is 22.9. The number of anilines is 3. The molecule has 0 aliphatic heterocycles. The van der Waals surface area contributed by atoms with Gasteiger partial charge >= 0.3 is 0 Å². The van der Waals surface area contributed by atoms with Crippen molar-refractivity contribution in [1.29, 1.82) is 0 Å². The number of fused-ring (bicyclic) bond motifs is 2. The molecule has 3 N–H and O–H groups in total. The molecule has 0 aliphatic carbocycles. The van der Waals surface area contributed by atoms with E-state index in [0.717, 1.165) is 16.6 Å². The number of methoxy groups -OCH3 is 2. The average Bonchev–Trinajstić information content (AvgIpc) is 3.28. The number of pyridine rings is 1. The molecule has 0 unspecified atom stereocenters. The van der Waals surface area contributed by atoms with Crippen LogP contribution < -0.4 is 25.3 Å². The second kappa shape index (κ2) is 8.15. The lowest BCUT2D eigenvalue weighted by Gasteiger charge is -2.16. The van der Waals surface area contributed by atoms with Crippen molar-refractivity contribution >= 4 is 33.7 Å². The molecule has 0 saturated heterocycles. The maximum Gasteiger partial charge on any atom is 0.158 e. The van der Waals surface area contributed by atoms with Crippen molar-refractivity contribution in [3.05, 3.63) is 60.8 Å². The van der Waals surface area contributed by atoms with Crippen molar-refractivity contribution in [1.82, 2.24) is 24.6 Å². The van der Waals surface area contributed by atoms with Crippen LogP contribution in [-0.2, 0) is 0 Å². The maximum atomic E-state index is 6.10. The molecule has 0 fully saturated rings. The second-order valence-electron chi connectivity index (χ2n) is 7.30. The summed E-state index contributed by atoms with van der Waals surface area (Å²) in [6, 6.07) is 11.0. The number of nitrogens with zero attached hydrogens (tertiary/aromatic N) is 5. The number of aromatic nitrogens is 5. The van der Waals surface area contributed by atoms with Crippen LogP contribution in [0.5, 0.6) is 23.0 Å². The van der Waals surface area contributed by atoms with Gasteiger partial charge in [-0.25, -0.2) is 19.5 Å². The first kappa shape index (κ1) is 20.3. The SMILES string of the molecule is COc1cc2ncnc(Nc3cc(C)c(Oc4ccn5ncnc5c4)cc3OC)c2cc1N. The van der Waals surface area contributed by atoms with Crippen LogP contribution in [0.4, 0.5) is 17.2 Å². The lowest BCUT2D eigenvalue weighted by molar-refractivity contribution is 0.410. The molecule has 2 aromatic carbocycles. The highest BCUT2D eigenvalue weighted by atomic mass is 16.5. The third-order valence-corrected chi connectivity index (χ3v) is 5.22. The standard InChI is InChI=1S/C23H21N7O3/c1-13-6-18(29-23-15-8-16(24)20(31-2)9-17(15)25-11-27-23)21(32-3)10-19(13)33-14-4-5-30-22(7-14)26-12-28-30/h4-12H,24H2,1-3H3,(H,25,27,29). The van der Waals surface area contributed by atoms with E-state index in [4.69, 9.17) is 19.9 Å². The van der Waals surface area contributed by atoms with E-state index < -0.39 is 0 Å². The third kappa shape index (κ3) is 3.78. The number of ether oxygens (including phenoxy) is 3. The highest BCUT2D eigenvalue weighted by Crippen LogP contribution is 2.38. The molecule has 10 heteroatoms. The fourth-order valence-corrected chi connectivity index (χ4v) is 3.54.